The second kappa shape index (κ2) is 7.42. The van der Waals surface area contributed by atoms with Gasteiger partial charge in [0.1, 0.15) is 10.8 Å². The Morgan fingerprint density at radius 1 is 1.35 bits per heavy atom. The Bertz CT molecular complexity index is 950. The van der Waals surface area contributed by atoms with E-state index in [0.29, 0.717) is 19.3 Å². The number of hydrogen-bond donors (Lipinski definition) is 0. The molecular formula is C19H23N5S2. The minimum Gasteiger partial charge on any atom is -0.300 e. The number of fused-ring (bicyclic) bond motifs is 1. The fourth-order valence-electron chi connectivity index (χ4n) is 3.63. The van der Waals surface area contributed by atoms with Crippen molar-refractivity contribution in [3.05, 3.63) is 52.5 Å². The molecule has 0 N–H and O–H groups in total. The monoisotopic (exact) mass is 385 g/mol. The first-order valence-electron chi connectivity index (χ1n) is 9.02. The zero-order valence-electron chi connectivity index (χ0n) is 15.0. The molecule has 0 spiro atoms. The van der Waals surface area contributed by atoms with E-state index < -0.39 is 0 Å². The third kappa shape index (κ3) is 3.26. The highest BCUT2D eigenvalue weighted by molar-refractivity contribution is 7.71. The van der Waals surface area contributed by atoms with E-state index in [1.54, 1.807) is 0 Å². The van der Waals surface area contributed by atoms with Crippen molar-refractivity contribution in [2.75, 3.05) is 6.54 Å². The summed E-state index contributed by atoms with van der Waals surface area (Å²) in [5, 5.41) is 5.87. The molecule has 3 heterocycles. The van der Waals surface area contributed by atoms with Gasteiger partial charge in [0.15, 0.2) is 4.77 Å². The van der Waals surface area contributed by atoms with Gasteiger partial charge < -0.3 is 4.57 Å². The third-order valence-electron chi connectivity index (χ3n) is 4.94. The van der Waals surface area contributed by atoms with Crippen molar-refractivity contribution in [1.82, 2.24) is 24.2 Å². The minimum absolute atomic E-state index is 0.341. The molecule has 0 amide bonds. The van der Waals surface area contributed by atoms with Crippen LogP contribution < -0.4 is 0 Å². The largest absolute Gasteiger partial charge is 0.300 e. The summed E-state index contributed by atoms with van der Waals surface area (Å²) in [6.07, 6.45) is 5.45. The second-order valence-corrected chi connectivity index (χ2v) is 8.14. The van der Waals surface area contributed by atoms with Crippen LogP contribution >= 0.6 is 23.6 Å². The summed E-state index contributed by atoms with van der Waals surface area (Å²) in [5.74, 6) is 0.934. The smallest absolute Gasteiger partial charge is 0.199 e. The Balaban J connectivity index is 1.63. The van der Waals surface area contributed by atoms with Gasteiger partial charge in [0.2, 0.25) is 0 Å². The van der Waals surface area contributed by atoms with Crippen molar-refractivity contribution in [1.29, 1.82) is 0 Å². The average molecular weight is 386 g/mol. The van der Waals surface area contributed by atoms with Crippen LogP contribution in [-0.4, -0.2) is 30.8 Å². The maximum atomic E-state index is 5.63. The first-order chi connectivity index (χ1) is 12.7. The second-order valence-electron chi connectivity index (χ2n) is 6.71. The van der Waals surface area contributed by atoms with Crippen LogP contribution in [0.25, 0.3) is 10.2 Å². The quantitative estimate of drug-likeness (QED) is 0.471. The van der Waals surface area contributed by atoms with Crippen molar-refractivity contribution < 1.29 is 0 Å². The molecule has 26 heavy (non-hydrogen) atoms. The van der Waals surface area contributed by atoms with E-state index >= 15 is 0 Å². The molecule has 1 aliphatic heterocycles. The topological polar surface area (TPSA) is 38.9 Å². The predicted octanol–water partition coefficient (Wildman–Crippen LogP) is 4.70. The zero-order valence-corrected chi connectivity index (χ0v) is 16.6. The summed E-state index contributed by atoms with van der Waals surface area (Å²) in [6, 6.07) is 8.72. The maximum absolute atomic E-state index is 5.63. The van der Waals surface area contributed by atoms with Crippen LogP contribution in [0.15, 0.2) is 36.9 Å². The number of aryl methyl sites for hydroxylation is 1. The molecule has 1 aromatic carbocycles. The van der Waals surface area contributed by atoms with Crippen molar-refractivity contribution in [3.63, 3.8) is 0 Å². The molecule has 1 saturated heterocycles. The number of thiazole rings is 1. The lowest BCUT2D eigenvalue weighted by molar-refractivity contribution is 0.103. The lowest BCUT2D eigenvalue weighted by Crippen LogP contribution is -2.35. The lowest BCUT2D eigenvalue weighted by atomic mass is 10.0. The number of aromatic nitrogens is 4. The molecule has 3 aromatic rings. The number of allylic oxidation sites excluding steroid dienone is 1. The van der Waals surface area contributed by atoms with E-state index in [1.165, 1.54) is 22.5 Å². The van der Waals surface area contributed by atoms with Gasteiger partial charge in [-0.3, -0.25) is 4.90 Å². The number of para-hydroxylation sites is 1. The summed E-state index contributed by atoms with van der Waals surface area (Å²) in [5.41, 5.74) is 1.10. The standard InChI is InChI=1S/C19H23N5S2/c1-3-11-23-14(2)21-24(19(23)25)13-22-12-7-6-9-16(22)18-20-15-8-4-5-10-17(15)26-18/h3-5,8,10,16H,1,6-7,9,11-13H2,2H3. The van der Waals surface area contributed by atoms with Gasteiger partial charge in [0, 0.05) is 13.1 Å². The SMILES string of the molecule is C=CCn1c(C)nn(CN2CCCCC2c2nc3ccccc3s2)c1=S. The number of benzene rings is 1. The van der Waals surface area contributed by atoms with Crippen LogP contribution in [0.1, 0.15) is 36.1 Å². The third-order valence-corrected chi connectivity index (χ3v) is 6.51. The molecule has 0 saturated carbocycles. The van der Waals surface area contributed by atoms with Gasteiger partial charge in [-0.05, 0) is 44.1 Å². The van der Waals surface area contributed by atoms with Gasteiger partial charge in [-0.15, -0.1) is 17.9 Å². The predicted molar refractivity (Wildman–Crippen MR) is 109 cm³/mol. The van der Waals surface area contributed by atoms with E-state index in [9.17, 15) is 0 Å². The molecule has 5 nitrogen and oxygen atoms in total. The molecule has 4 rings (SSSR count). The van der Waals surface area contributed by atoms with Crippen LogP contribution in [0.5, 0.6) is 0 Å². The van der Waals surface area contributed by atoms with E-state index in [2.05, 4.69) is 40.8 Å². The fourth-order valence-corrected chi connectivity index (χ4v) is 5.07. The van der Waals surface area contributed by atoms with Crippen LogP contribution in [0.2, 0.25) is 0 Å². The molecule has 1 fully saturated rings. The molecular weight excluding hydrogens is 362 g/mol. The summed E-state index contributed by atoms with van der Waals surface area (Å²) < 4.78 is 5.99. The van der Waals surface area contributed by atoms with Crippen LogP contribution in [0, 0.1) is 11.7 Å². The highest BCUT2D eigenvalue weighted by atomic mass is 32.1. The van der Waals surface area contributed by atoms with Gasteiger partial charge in [0.25, 0.3) is 0 Å². The van der Waals surface area contributed by atoms with Crippen LogP contribution in [-0.2, 0) is 13.2 Å². The van der Waals surface area contributed by atoms with Crippen molar-refractivity contribution in [3.8, 4) is 0 Å². The van der Waals surface area contributed by atoms with Gasteiger partial charge >= 0.3 is 0 Å². The number of hydrogen-bond acceptors (Lipinski definition) is 5. The van der Waals surface area contributed by atoms with E-state index in [0.717, 1.165) is 29.1 Å². The summed E-state index contributed by atoms with van der Waals surface area (Å²) in [6.45, 7) is 8.28. The summed E-state index contributed by atoms with van der Waals surface area (Å²) >= 11 is 7.44. The Kier molecular flexibility index (Phi) is 5.02. The first-order valence-corrected chi connectivity index (χ1v) is 10.2. The molecule has 0 bridgehead atoms. The van der Waals surface area contributed by atoms with Gasteiger partial charge in [-0.25, -0.2) is 9.67 Å². The van der Waals surface area contributed by atoms with E-state index in [1.807, 2.05) is 33.6 Å². The lowest BCUT2D eigenvalue weighted by Gasteiger charge is -2.34. The number of piperidine rings is 1. The Hall–Kier alpha value is -1.83. The molecule has 1 atom stereocenters. The first kappa shape index (κ1) is 17.6. The minimum atomic E-state index is 0.341. The maximum Gasteiger partial charge on any atom is 0.199 e. The van der Waals surface area contributed by atoms with Crippen molar-refractivity contribution in [2.24, 2.45) is 0 Å². The molecule has 0 radical (unpaired) electrons. The number of likely N-dealkylation sites (tertiary alicyclic amines) is 1. The molecule has 7 heteroatoms. The summed E-state index contributed by atoms with van der Waals surface area (Å²) in [4.78, 5) is 7.38. The van der Waals surface area contributed by atoms with Crippen molar-refractivity contribution >= 4 is 33.8 Å². The number of rotatable bonds is 5. The molecule has 0 aliphatic carbocycles. The van der Waals surface area contributed by atoms with E-state index in [-0.39, 0.29) is 0 Å². The Labute approximate surface area is 162 Å². The van der Waals surface area contributed by atoms with Gasteiger partial charge in [0.05, 0.1) is 22.9 Å². The normalized spacial score (nSPS) is 18.4. The fraction of sp³-hybridized carbons (Fsp3) is 0.421. The Morgan fingerprint density at radius 3 is 3.00 bits per heavy atom. The highest BCUT2D eigenvalue weighted by Crippen LogP contribution is 2.35. The molecule has 1 aliphatic rings. The zero-order chi connectivity index (χ0) is 18.1. The van der Waals surface area contributed by atoms with Crippen molar-refractivity contribution in [2.45, 2.75) is 45.4 Å². The molecule has 136 valence electrons. The molecule has 1 unspecified atom stereocenters. The van der Waals surface area contributed by atoms with Crippen LogP contribution in [0.3, 0.4) is 0 Å². The van der Waals surface area contributed by atoms with Gasteiger partial charge in [-0.2, -0.15) is 5.10 Å². The molecule has 2 aromatic heterocycles. The van der Waals surface area contributed by atoms with Crippen LogP contribution in [0.4, 0.5) is 0 Å². The average Bonchev–Trinajstić information content (AvgIpc) is 3.19. The summed E-state index contributed by atoms with van der Waals surface area (Å²) in [7, 11) is 0. The van der Waals surface area contributed by atoms with Gasteiger partial charge in [-0.1, -0.05) is 24.6 Å². The Morgan fingerprint density at radius 2 is 2.19 bits per heavy atom. The highest BCUT2D eigenvalue weighted by Gasteiger charge is 2.27. The van der Waals surface area contributed by atoms with E-state index in [4.69, 9.17) is 17.2 Å². The number of nitrogens with zero attached hydrogens (tertiary/aromatic N) is 5.